The molecule has 9 nitrogen and oxygen atoms in total. The molecule has 0 spiro atoms. The molecule has 2 heterocycles. The molecule has 38 heavy (non-hydrogen) atoms. The number of hydrogen-bond donors (Lipinski definition) is 5. The summed E-state index contributed by atoms with van der Waals surface area (Å²) in [5.41, 5.74) is 2.12. The Morgan fingerprint density at radius 1 is 1.08 bits per heavy atom. The molecule has 0 amide bonds. The van der Waals surface area contributed by atoms with Crippen molar-refractivity contribution in [3.63, 3.8) is 0 Å². The van der Waals surface area contributed by atoms with Crippen molar-refractivity contribution in [2.24, 2.45) is 0 Å². The standard InChI is InChI=1S/C22H25N3O2.C7H6O4/c26-11-12-27-20-5-1-3-17(13-20)15-25-10-8-19(16-25)24-22-6-2-4-18-14-23-9-7-21(18)22;8-4-1-2-6(9)5(3-4)7(10)11/h1-7,9,13-14,19,24,26H,8,10-12,15-16H2;1-3,8-9H,(H,10,11)/t19-;/m1./s1. The molecule has 1 aromatic heterocycles. The first-order valence-corrected chi connectivity index (χ1v) is 12.3. The number of phenols is 2. The Balaban J connectivity index is 0.000000257. The highest BCUT2D eigenvalue weighted by molar-refractivity contribution is 5.93. The first-order valence-electron chi connectivity index (χ1n) is 12.3. The SMILES string of the molecule is O=C(O)c1cc(O)ccc1O.OCCOc1cccc(CN2CC[C@@H](Nc3cccc4cnccc34)C2)c1. The largest absolute Gasteiger partial charge is 0.508 e. The fraction of sp³-hybridized carbons (Fsp3) is 0.241. The maximum atomic E-state index is 10.3. The summed E-state index contributed by atoms with van der Waals surface area (Å²) in [7, 11) is 0. The van der Waals surface area contributed by atoms with Gasteiger partial charge < -0.3 is 30.5 Å². The summed E-state index contributed by atoms with van der Waals surface area (Å²) in [4.78, 5) is 17.0. The summed E-state index contributed by atoms with van der Waals surface area (Å²) in [6.07, 6.45) is 4.88. The number of fused-ring (bicyclic) bond motifs is 1. The van der Waals surface area contributed by atoms with Gasteiger partial charge in [-0.3, -0.25) is 9.88 Å². The maximum absolute atomic E-state index is 10.3. The number of rotatable bonds is 8. The van der Waals surface area contributed by atoms with E-state index in [2.05, 4.69) is 51.6 Å². The van der Waals surface area contributed by atoms with Gasteiger partial charge in [-0.05, 0) is 54.4 Å². The van der Waals surface area contributed by atoms with Crippen molar-refractivity contribution < 1.29 is 30.0 Å². The van der Waals surface area contributed by atoms with Gasteiger partial charge in [0, 0.05) is 54.5 Å². The maximum Gasteiger partial charge on any atom is 0.339 e. The van der Waals surface area contributed by atoms with Gasteiger partial charge in [0.15, 0.2) is 0 Å². The van der Waals surface area contributed by atoms with Crippen LogP contribution in [0, 0.1) is 0 Å². The van der Waals surface area contributed by atoms with Crippen molar-refractivity contribution in [3.8, 4) is 17.2 Å². The van der Waals surface area contributed by atoms with E-state index in [1.165, 1.54) is 22.7 Å². The Morgan fingerprint density at radius 2 is 1.92 bits per heavy atom. The third kappa shape index (κ3) is 7.12. The van der Waals surface area contributed by atoms with Gasteiger partial charge in [-0.25, -0.2) is 4.79 Å². The van der Waals surface area contributed by atoms with Crippen LogP contribution in [0.1, 0.15) is 22.3 Å². The minimum Gasteiger partial charge on any atom is -0.508 e. The Morgan fingerprint density at radius 3 is 2.71 bits per heavy atom. The number of aliphatic hydroxyl groups is 1. The average molecular weight is 518 g/mol. The highest BCUT2D eigenvalue weighted by atomic mass is 16.5. The number of nitrogens with one attached hydrogen (secondary N) is 1. The van der Waals surface area contributed by atoms with Crippen molar-refractivity contribution in [1.82, 2.24) is 9.88 Å². The zero-order chi connectivity index (χ0) is 26.9. The number of hydrogen-bond acceptors (Lipinski definition) is 8. The van der Waals surface area contributed by atoms with Crippen molar-refractivity contribution in [2.75, 3.05) is 31.6 Å². The van der Waals surface area contributed by atoms with Gasteiger partial charge in [-0.15, -0.1) is 0 Å². The van der Waals surface area contributed by atoms with E-state index < -0.39 is 5.97 Å². The monoisotopic (exact) mass is 517 g/mol. The number of ether oxygens (including phenoxy) is 1. The zero-order valence-electron chi connectivity index (χ0n) is 20.8. The zero-order valence-corrected chi connectivity index (χ0v) is 20.8. The lowest BCUT2D eigenvalue weighted by Crippen LogP contribution is -2.26. The van der Waals surface area contributed by atoms with Crippen LogP contribution in [0.5, 0.6) is 17.2 Å². The third-order valence-corrected chi connectivity index (χ3v) is 6.19. The summed E-state index contributed by atoms with van der Waals surface area (Å²) in [6, 6.07) is 20.3. The number of pyridine rings is 1. The van der Waals surface area contributed by atoms with E-state index in [9.17, 15) is 4.79 Å². The highest BCUT2D eigenvalue weighted by Crippen LogP contribution is 2.26. The van der Waals surface area contributed by atoms with Crippen molar-refractivity contribution >= 4 is 22.4 Å². The second-order valence-electron chi connectivity index (χ2n) is 8.99. The lowest BCUT2D eigenvalue weighted by molar-refractivity contribution is 0.0693. The Kier molecular flexibility index (Phi) is 8.97. The van der Waals surface area contributed by atoms with Crippen LogP contribution in [0.25, 0.3) is 10.8 Å². The van der Waals surface area contributed by atoms with Crippen LogP contribution in [-0.2, 0) is 6.54 Å². The molecule has 0 saturated carbocycles. The fourth-order valence-electron chi connectivity index (χ4n) is 4.41. The normalized spacial score (nSPS) is 15.0. The summed E-state index contributed by atoms with van der Waals surface area (Å²) < 4.78 is 5.52. The van der Waals surface area contributed by atoms with Crippen molar-refractivity contribution in [1.29, 1.82) is 0 Å². The van der Waals surface area contributed by atoms with Crippen molar-refractivity contribution in [2.45, 2.75) is 19.0 Å². The molecule has 0 radical (unpaired) electrons. The van der Waals surface area contributed by atoms with Gasteiger partial charge in [0.2, 0.25) is 0 Å². The molecular formula is C29H31N3O6. The number of nitrogens with zero attached hydrogens (tertiary/aromatic N) is 2. The topological polar surface area (TPSA) is 135 Å². The molecule has 1 aliphatic heterocycles. The Labute approximate surface area is 220 Å². The molecule has 198 valence electrons. The molecular weight excluding hydrogens is 486 g/mol. The molecule has 0 bridgehead atoms. The molecule has 4 aromatic rings. The lowest BCUT2D eigenvalue weighted by Gasteiger charge is -2.18. The molecule has 5 N–H and O–H groups in total. The second kappa shape index (κ2) is 12.8. The van der Waals surface area contributed by atoms with E-state index in [1.54, 1.807) is 0 Å². The van der Waals surface area contributed by atoms with Gasteiger partial charge in [0.05, 0.1) is 6.61 Å². The predicted octanol–water partition coefficient (Wildman–Crippen LogP) is 4.09. The van der Waals surface area contributed by atoms with Crippen LogP contribution >= 0.6 is 0 Å². The first kappa shape index (κ1) is 26.7. The molecule has 1 fully saturated rings. The molecule has 0 unspecified atom stereocenters. The van der Waals surface area contributed by atoms with Crippen LogP contribution in [0.3, 0.4) is 0 Å². The summed E-state index contributed by atoms with van der Waals surface area (Å²) in [5, 5.41) is 41.1. The van der Waals surface area contributed by atoms with Crippen LogP contribution in [0.2, 0.25) is 0 Å². The Hall–Kier alpha value is -4.34. The molecule has 5 rings (SSSR count). The number of phenolic OH excluding ortho intramolecular Hbond substituents is 1. The molecule has 0 aliphatic carbocycles. The summed E-state index contributed by atoms with van der Waals surface area (Å²) in [6.45, 7) is 3.37. The summed E-state index contributed by atoms with van der Waals surface area (Å²) >= 11 is 0. The number of carbonyl (C=O) groups is 1. The number of anilines is 1. The molecule has 9 heteroatoms. The number of aromatic carboxylic acids is 1. The van der Waals surface area contributed by atoms with E-state index in [0.717, 1.165) is 49.3 Å². The molecule has 3 aromatic carbocycles. The Bertz CT molecular complexity index is 1370. The predicted molar refractivity (Wildman–Crippen MR) is 145 cm³/mol. The second-order valence-corrected chi connectivity index (χ2v) is 8.99. The van der Waals surface area contributed by atoms with Crippen LogP contribution < -0.4 is 10.1 Å². The number of aromatic nitrogens is 1. The molecule has 1 saturated heterocycles. The van der Waals surface area contributed by atoms with Crippen molar-refractivity contribution in [3.05, 3.63) is 90.3 Å². The van der Waals surface area contributed by atoms with E-state index in [-0.39, 0.29) is 23.7 Å². The van der Waals surface area contributed by atoms with Gasteiger partial charge in [-0.1, -0.05) is 24.3 Å². The minimum atomic E-state index is -1.27. The quantitative estimate of drug-likeness (QED) is 0.219. The highest BCUT2D eigenvalue weighted by Gasteiger charge is 2.23. The van der Waals surface area contributed by atoms with Gasteiger partial charge in [0.1, 0.15) is 29.4 Å². The number of likely N-dealkylation sites (tertiary alicyclic amines) is 1. The van der Waals surface area contributed by atoms with E-state index in [0.29, 0.717) is 12.6 Å². The van der Waals surface area contributed by atoms with Crippen LogP contribution in [-0.4, -0.2) is 68.6 Å². The number of aliphatic hydroxyl groups excluding tert-OH is 1. The van der Waals surface area contributed by atoms with Gasteiger partial charge in [0.25, 0.3) is 0 Å². The van der Waals surface area contributed by atoms with Gasteiger partial charge in [-0.2, -0.15) is 0 Å². The number of carboxylic acid groups (broad SMARTS) is 1. The molecule has 1 aliphatic rings. The molecule has 1 atom stereocenters. The van der Waals surface area contributed by atoms with E-state index in [4.69, 9.17) is 25.2 Å². The van der Waals surface area contributed by atoms with Crippen LogP contribution in [0.15, 0.2) is 79.1 Å². The smallest absolute Gasteiger partial charge is 0.339 e. The van der Waals surface area contributed by atoms with Gasteiger partial charge >= 0.3 is 5.97 Å². The van der Waals surface area contributed by atoms with Crippen LogP contribution in [0.4, 0.5) is 5.69 Å². The first-order chi connectivity index (χ1) is 18.4. The lowest BCUT2D eigenvalue weighted by atomic mass is 10.1. The minimum absolute atomic E-state index is 0.0356. The average Bonchev–Trinajstić information content (AvgIpc) is 3.36. The summed E-state index contributed by atoms with van der Waals surface area (Å²) in [5.74, 6) is -0.978. The fourth-order valence-corrected chi connectivity index (χ4v) is 4.41. The third-order valence-electron chi connectivity index (χ3n) is 6.19. The number of benzene rings is 3. The van der Waals surface area contributed by atoms with E-state index in [1.807, 2.05) is 24.5 Å². The number of aromatic hydroxyl groups is 2. The van der Waals surface area contributed by atoms with E-state index >= 15 is 0 Å². The number of carboxylic acids is 1.